The summed E-state index contributed by atoms with van der Waals surface area (Å²) in [6.45, 7) is 8.80. The van der Waals surface area contributed by atoms with Crippen molar-refractivity contribution >= 4 is 0 Å². The summed E-state index contributed by atoms with van der Waals surface area (Å²) in [5, 5.41) is 8.06. The van der Waals surface area contributed by atoms with Gasteiger partial charge in [0.2, 0.25) is 0 Å². The van der Waals surface area contributed by atoms with E-state index >= 15 is 0 Å². The van der Waals surface area contributed by atoms with Crippen molar-refractivity contribution in [2.24, 2.45) is 7.05 Å². The SMILES string of the molecule is CCNCC1CCCCN1Cc1cc(CC)nn1C. The molecule has 1 fully saturated rings. The fourth-order valence-corrected chi connectivity index (χ4v) is 2.91. The molecule has 1 aliphatic rings. The van der Waals surface area contributed by atoms with E-state index in [1.165, 1.54) is 37.2 Å². The number of nitrogens with zero attached hydrogens (tertiary/aromatic N) is 3. The van der Waals surface area contributed by atoms with E-state index in [0.29, 0.717) is 6.04 Å². The van der Waals surface area contributed by atoms with Gasteiger partial charge >= 0.3 is 0 Å². The van der Waals surface area contributed by atoms with Gasteiger partial charge in [0.05, 0.1) is 11.4 Å². The highest BCUT2D eigenvalue weighted by Gasteiger charge is 2.22. The van der Waals surface area contributed by atoms with Crippen LogP contribution < -0.4 is 5.32 Å². The number of rotatable bonds is 6. The summed E-state index contributed by atoms with van der Waals surface area (Å²) in [5.74, 6) is 0. The molecule has 2 rings (SSSR count). The van der Waals surface area contributed by atoms with E-state index < -0.39 is 0 Å². The van der Waals surface area contributed by atoms with Gasteiger partial charge in [-0.3, -0.25) is 9.58 Å². The van der Waals surface area contributed by atoms with Crippen LogP contribution in [0.4, 0.5) is 0 Å². The summed E-state index contributed by atoms with van der Waals surface area (Å²) < 4.78 is 2.05. The zero-order valence-electron chi connectivity index (χ0n) is 12.7. The van der Waals surface area contributed by atoms with Crippen molar-refractivity contribution in [3.05, 3.63) is 17.5 Å². The molecule has 0 aromatic carbocycles. The molecular weight excluding hydrogens is 236 g/mol. The van der Waals surface area contributed by atoms with Gasteiger partial charge in [0.25, 0.3) is 0 Å². The van der Waals surface area contributed by atoms with Crippen LogP contribution in [0.5, 0.6) is 0 Å². The Morgan fingerprint density at radius 2 is 2.21 bits per heavy atom. The first-order chi connectivity index (χ1) is 9.24. The monoisotopic (exact) mass is 264 g/mol. The zero-order chi connectivity index (χ0) is 13.7. The van der Waals surface area contributed by atoms with Crippen LogP contribution in [-0.4, -0.2) is 40.4 Å². The Morgan fingerprint density at radius 1 is 1.37 bits per heavy atom. The third kappa shape index (κ3) is 3.80. The molecule has 4 nitrogen and oxygen atoms in total. The number of hydrogen-bond donors (Lipinski definition) is 1. The van der Waals surface area contributed by atoms with Gasteiger partial charge in [-0.25, -0.2) is 0 Å². The summed E-state index contributed by atoms with van der Waals surface area (Å²) in [4.78, 5) is 2.63. The Bertz CT molecular complexity index is 385. The number of nitrogens with one attached hydrogen (secondary N) is 1. The Hall–Kier alpha value is -0.870. The van der Waals surface area contributed by atoms with E-state index in [-0.39, 0.29) is 0 Å². The van der Waals surface area contributed by atoms with Crippen LogP contribution in [-0.2, 0) is 20.0 Å². The van der Waals surface area contributed by atoms with E-state index in [0.717, 1.165) is 26.1 Å². The van der Waals surface area contributed by atoms with E-state index in [2.05, 4.69) is 47.0 Å². The van der Waals surface area contributed by atoms with E-state index in [4.69, 9.17) is 0 Å². The zero-order valence-corrected chi connectivity index (χ0v) is 12.7. The second-order valence-electron chi connectivity index (χ2n) is 5.53. The van der Waals surface area contributed by atoms with Crippen molar-refractivity contribution in [3.63, 3.8) is 0 Å². The summed E-state index contributed by atoms with van der Waals surface area (Å²) in [6, 6.07) is 2.95. The molecule has 1 aliphatic heterocycles. The van der Waals surface area contributed by atoms with Crippen LogP contribution in [0.25, 0.3) is 0 Å². The fraction of sp³-hybridized carbons (Fsp3) is 0.800. The number of likely N-dealkylation sites (tertiary alicyclic amines) is 1. The van der Waals surface area contributed by atoms with Crippen LogP contribution in [0.15, 0.2) is 6.07 Å². The molecule has 0 spiro atoms. The highest BCUT2D eigenvalue weighted by atomic mass is 15.3. The number of aromatic nitrogens is 2. The summed E-state index contributed by atoms with van der Waals surface area (Å²) in [5.41, 5.74) is 2.55. The van der Waals surface area contributed by atoms with Crippen molar-refractivity contribution in [3.8, 4) is 0 Å². The third-order valence-electron chi connectivity index (χ3n) is 4.13. The minimum Gasteiger partial charge on any atom is -0.315 e. The maximum absolute atomic E-state index is 4.56. The van der Waals surface area contributed by atoms with Crippen molar-refractivity contribution in [2.45, 2.75) is 52.1 Å². The van der Waals surface area contributed by atoms with Crippen molar-refractivity contribution in [2.75, 3.05) is 19.6 Å². The molecule has 1 saturated heterocycles. The molecule has 0 aliphatic carbocycles. The van der Waals surface area contributed by atoms with Crippen LogP contribution in [0, 0.1) is 0 Å². The molecule has 1 N–H and O–H groups in total. The Labute approximate surface area is 117 Å². The lowest BCUT2D eigenvalue weighted by atomic mass is 10.0. The molecule has 108 valence electrons. The lowest BCUT2D eigenvalue weighted by Crippen LogP contribution is -2.45. The molecule has 2 heterocycles. The van der Waals surface area contributed by atoms with Gasteiger partial charge in [0.15, 0.2) is 0 Å². The van der Waals surface area contributed by atoms with Crippen LogP contribution in [0.2, 0.25) is 0 Å². The standard InChI is InChI=1S/C15H28N4/c1-4-13-10-15(18(3)17-13)12-19-9-7-6-8-14(19)11-16-5-2/h10,14,16H,4-9,11-12H2,1-3H3. The summed E-state index contributed by atoms with van der Waals surface area (Å²) in [6.07, 6.45) is 5.05. The molecule has 1 aromatic heterocycles. The largest absolute Gasteiger partial charge is 0.315 e. The number of likely N-dealkylation sites (N-methyl/N-ethyl adjacent to an activating group) is 1. The van der Waals surface area contributed by atoms with Gasteiger partial charge in [0.1, 0.15) is 0 Å². The highest BCUT2D eigenvalue weighted by molar-refractivity contribution is 5.10. The minimum absolute atomic E-state index is 0.689. The van der Waals surface area contributed by atoms with E-state index in [1.807, 2.05) is 0 Å². The Balaban J connectivity index is 1.99. The quantitative estimate of drug-likeness (QED) is 0.852. The molecule has 1 atom stereocenters. The first kappa shape index (κ1) is 14.5. The number of piperidine rings is 1. The predicted molar refractivity (Wildman–Crippen MR) is 79.2 cm³/mol. The lowest BCUT2D eigenvalue weighted by molar-refractivity contribution is 0.135. The summed E-state index contributed by atoms with van der Waals surface area (Å²) >= 11 is 0. The third-order valence-corrected chi connectivity index (χ3v) is 4.13. The predicted octanol–water partition coefficient (Wildman–Crippen LogP) is 1.95. The molecule has 0 radical (unpaired) electrons. The van der Waals surface area contributed by atoms with Gasteiger partial charge in [0, 0.05) is 26.2 Å². The molecule has 4 heteroatoms. The maximum atomic E-state index is 4.56. The van der Waals surface area contributed by atoms with Crippen LogP contribution in [0.1, 0.15) is 44.5 Å². The minimum atomic E-state index is 0.689. The van der Waals surface area contributed by atoms with Gasteiger partial charge in [-0.1, -0.05) is 20.3 Å². The lowest BCUT2D eigenvalue weighted by Gasteiger charge is -2.35. The van der Waals surface area contributed by atoms with Gasteiger partial charge < -0.3 is 5.32 Å². The Morgan fingerprint density at radius 3 is 2.89 bits per heavy atom. The van der Waals surface area contributed by atoms with E-state index in [1.54, 1.807) is 0 Å². The highest BCUT2D eigenvalue weighted by Crippen LogP contribution is 2.19. The molecule has 0 amide bonds. The van der Waals surface area contributed by atoms with Crippen LogP contribution in [0.3, 0.4) is 0 Å². The van der Waals surface area contributed by atoms with Crippen LogP contribution >= 0.6 is 0 Å². The number of hydrogen-bond acceptors (Lipinski definition) is 3. The van der Waals surface area contributed by atoms with Gasteiger partial charge in [-0.05, 0) is 38.4 Å². The van der Waals surface area contributed by atoms with Crippen molar-refractivity contribution < 1.29 is 0 Å². The average Bonchev–Trinajstić information content (AvgIpc) is 2.78. The second-order valence-corrected chi connectivity index (χ2v) is 5.53. The summed E-state index contributed by atoms with van der Waals surface area (Å²) in [7, 11) is 2.07. The fourth-order valence-electron chi connectivity index (χ4n) is 2.91. The average molecular weight is 264 g/mol. The topological polar surface area (TPSA) is 33.1 Å². The molecule has 19 heavy (non-hydrogen) atoms. The normalized spacial score (nSPS) is 20.9. The van der Waals surface area contributed by atoms with Crippen molar-refractivity contribution in [1.82, 2.24) is 20.0 Å². The molecule has 1 unspecified atom stereocenters. The van der Waals surface area contributed by atoms with Gasteiger partial charge in [-0.15, -0.1) is 0 Å². The molecule has 1 aromatic rings. The Kier molecular flexibility index (Phi) is 5.40. The smallest absolute Gasteiger partial charge is 0.0625 e. The first-order valence-corrected chi connectivity index (χ1v) is 7.71. The van der Waals surface area contributed by atoms with E-state index in [9.17, 15) is 0 Å². The molecule has 0 saturated carbocycles. The first-order valence-electron chi connectivity index (χ1n) is 7.71. The second kappa shape index (κ2) is 7.06. The molecule has 0 bridgehead atoms. The van der Waals surface area contributed by atoms with Gasteiger partial charge in [-0.2, -0.15) is 5.10 Å². The molecular formula is C15H28N4. The maximum Gasteiger partial charge on any atom is 0.0625 e. The van der Waals surface area contributed by atoms with Crippen molar-refractivity contribution in [1.29, 1.82) is 0 Å². The number of aryl methyl sites for hydroxylation is 2.